The van der Waals surface area contributed by atoms with Gasteiger partial charge in [-0.2, -0.15) is 184 Å². The Balaban J connectivity index is 7.27. The molecule has 0 aliphatic rings. The van der Waals surface area contributed by atoms with Gasteiger partial charge in [0.05, 0.1) is 13.0 Å². The summed E-state index contributed by atoms with van der Waals surface area (Å²) in [4.78, 5) is 23.8. The maximum atomic E-state index is 14.2. The number of carbonyl (C=O) groups excluding carboxylic acids is 2. The first-order chi connectivity index (χ1) is 31.4. The summed E-state index contributed by atoms with van der Waals surface area (Å²) in [5, 5.41) is 4.49. The maximum absolute atomic E-state index is 14.2. The van der Waals surface area contributed by atoms with E-state index < -0.39 is 167 Å². The molecule has 0 rings (SSSR count). The summed E-state index contributed by atoms with van der Waals surface area (Å²) in [6.45, 7) is -1.84. The largest absolute Gasteiger partial charge is 0.473 e. The number of carbonyl (C=O) groups is 2. The molecule has 0 saturated heterocycles. The third kappa shape index (κ3) is 9.52. The van der Waals surface area contributed by atoms with Crippen LogP contribution in [-0.2, 0) is 19.1 Å². The first-order valence-corrected chi connectivity index (χ1v) is 17.1. The lowest BCUT2D eigenvalue weighted by molar-refractivity contribution is -0.482. The van der Waals surface area contributed by atoms with Gasteiger partial charge in [-0.1, -0.05) is 0 Å². The zero-order valence-electron chi connectivity index (χ0n) is 32.1. The van der Waals surface area contributed by atoms with E-state index in [0.29, 0.717) is 0 Å². The van der Waals surface area contributed by atoms with E-state index >= 15 is 0 Å². The van der Waals surface area contributed by atoms with Crippen molar-refractivity contribution in [1.29, 1.82) is 0 Å². The number of hydrogen-bond donors (Lipinski definition) is 1. The third-order valence-corrected chi connectivity index (χ3v) is 9.64. The van der Waals surface area contributed by atoms with Crippen LogP contribution in [0.25, 0.3) is 0 Å². The van der Waals surface area contributed by atoms with Gasteiger partial charge in [0.1, 0.15) is 5.25 Å². The molecule has 1 atom stereocenters. The molecule has 0 heterocycles. The van der Waals surface area contributed by atoms with E-state index in [9.17, 15) is 194 Å². The van der Waals surface area contributed by atoms with E-state index in [-0.39, 0.29) is 0 Å². The number of thioether (sulfide) groups is 1. The molecular weight excluding hydrogens is 1220 g/mol. The fourth-order valence-corrected chi connectivity index (χ4v) is 4.98. The number of ether oxygens (including phenoxy) is 2. The van der Waals surface area contributed by atoms with Crippen LogP contribution in [0.2, 0.25) is 0 Å². The second-order valence-electron chi connectivity index (χ2n) is 13.4. The molecule has 5 nitrogen and oxygen atoms in total. The molecule has 0 aromatic heterocycles. The highest BCUT2D eigenvalue weighted by Crippen LogP contribution is 2.69. The lowest BCUT2D eigenvalue weighted by Crippen LogP contribution is -2.77. The molecule has 0 spiro atoms. The van der Waals surface area contributed by atoms with Crippen LogP contribution >= 0.6 is 11.8 Å². The highest BCUT2D eigenvalue weighted by Gasteiger charge is 3.00. The zero-order valence-corrected chi connectivity index (χ0v) is 32.9. The van der Waals surface area contributed by atoms with Crippen LogP contribution in [0.4, 0.5) is 184 Å². The zero-order chi connectivity index (χ0) is 61.0. The van der Waals surface area contributed by atoms with E-state index in [1.54, 1.807) is 0 Å². The minimum absolute atomic E-state index is 1.30. The Morgan fingerprint density at radius 1 is 0.311 bits per heavy atom. The molecule has 0 radical (unpaired) electrons. The van der Waals surface area contributed by atoms with E-state index in [2.05, 4.69) is 0 Å². The molecule has 0 saturated carbocycles. The molecule has 0 aromatic rings. The Morgan fingerprint density at radius 3 is 0.703 bits per heavy atom. The number of alkyl halides is 42. The van der Waals surface area contributed by atoms with Gasteiger partial charge in [0.15, 0.2) is 0 Å². The highest BCUT2D eigenvalue weighted by atomic mass is 32.2. The Kier molecular flexibility index (Phi) is 17.8. The van der Waals surface area contributed by atoms with Crippen LogP contribution in [0.5, 0.6) is 0 Å². The summed E-state index contributed by atoms with van der Waals surface area (Å²) in [7, 11) is 0. The minimum atomic E-state index is -9.83. The molecule has 0 fully saturated rings. The molecule has 0 aliphatic carbocycles. The molecule has 48 heteroatoms. The summed E-state index contributed by atoms with van der Waals surface area (Å²) in [6.07, 6.45) is -37.1. The number of rotatable bonds is 24. The number of aliphatic hydroxyl groups is 1. The SMILES string of the molecule is O=C(CC(SCCO)C(=O)OC(F)(F)C(F)(F)C(F)(F)C(F)(F)C(F)(F)C(F)(F)C(F)(F)C(F)(F)C(F)(F)C(F)(F)F)OC(F)(F)C(F)(F)C(F)(F)C(F)(F)C(F)(F)C(F)(F)C(F)(F)C(F)(F)C(F)(F)C(F)(F)F. The molecule has 0 amide bonds. The van der Waals surface area contributed by atoms with Gasteiger partial charge in [0.25, 0.3) is 0 Å². The second kappa shape index (κ2) is 18.8. The molecule has 74 heavy (non-hydrogen) atoms. The van der Waals surface area contributed by atoms with Crippen molar-refractivity contribution in [1.82, 2.24) is 0 Å². The number of esters is 2. The van der Waals surface area contributed by atoms with E-state index in [1.807, 2.05) is 9.47 Å². The van der Waals surface area contributed by atoms with Crippen molar-refractivity contribution in [2.24, 2.45) is 0 Å². The fraction of sp³-hybridized carbons (Fsp3) is 0.923. The predicted molar refractivity (Wildman–Crippen MR) is 141 cm³/mol. The average molecular weight is 1230 g/mol. The van der Waals surface area contributed by atoms with Crippen molar-refractivity contribution in [3.63, 3.8) is 0 Å². The Morgan fingerprint density at radius 2 is 0.500 bits per heavy atom. The summed E-state index contributed by atoms with van der Waals surface area (Å²) in [5.74, 6) is -162. The fourth-order valence-electron chi connectivity index (χ4n) is 4.15. The van der Waals surface area contributed by atoms with Crippen LogP contribution in [0, 0.1) is 0 Å². The maximum Gasteiger partial charge on any atom is 0.473 e. The average Bonchev–Trinajstić information content (AvgIpc) is 3.16. The van der Waals surface area contributed by atoms with Gasteiger partial charge in [-0.05, 0) is 0 Å². The van der Waals surface area contributed by atoms with Crippen LogP contribution in [0.15, 0.2) is 0 Å². The molecule has 0 bridgehead atoms. The number of halogens is 42. The number of aliphatic hydroxyl groups excluding tert-OH is 1. The lowest BCUT2D eigenvalue weighted by atomic mass is 9.87. The molecule has 0 aromatic carbocycles. The minimum Gasteiger partial charge on any atom is -0.396 e. The lowest BCUT2D eigenvalue weighted by Gasteiger charge is -2.44. The molecule has 1 N–H and O–H groups in total. The summed E-state index contributed by atoms with van der Waals surface area (Å²) in [5.41, 5.74) is 0. The van der Waals surface area contributed by atoms with Crippen molar-refractivity contribution in [3.8, 4) is 0 Å². The van der Waals surface area contributed by atoms with Crippen LogP contribution in [0.3, 0.4) is 0 Å². The first-order valence-electron chi connectivity index (χ1n) is 16.1. The normalized spacial score (nSPS) is 16.9. The van der Waals surface area contributed by atoms with Crippen molar-refractivity contribution in [3.05, 3.63) is 0 Å². The van der Waals surface area contributed by atoms with Crippen LogP contribution in [0.1, 0.15) is 6.42 Å². The van der Waals surface area contributed by atoms with Gasteiger partial charge < -0.3 is 14.6 Å². The van der Waals surface area contributed by atoms with E-state index in [4.69, 9.17) is 5.11 Å². The van der Waals surface area contributed by atoms with Gasteiger partial charge in [0.2, 0.25) is 0 Å². The van der Waals surface area contributed by atoms with Crippen LogP contribution < -0.4 is 0 Å². The summed E-state index contributed by atoms with van der Waals surface area (Å²) < 4.78 is 573. The van der Waals surface area contributed by atoms with Gasteiger partial charge in [-0.3, -0.25) is 9.59 Å². The van der Waals surface area contributed by atoms with Crippen molar-refractivity contribution in [2.75, 3.05) is 12.4 Å². The second-order valence-corrected chi connectivity index (χ2v) is 14.7. The first kappa shape index (κ1) is 70.3. The van der Waals surface area contributed by atoms with Crippen molar-refractivity contribution in [2.45, 2.75) is 131 Å². The van der Waals surface area contributed by atoms with E-state index in [0.717, 1.165) is 0 Å². The third-order valence-electron chi connectivity index (χ3n) is 8.46. The Labute approximate surface area is 376 Å². The Hall–Kier alpha value is -3.69. The molecular formula is C26H8F42O5S. The standard InChI is InChI=1S/C26H8F42O5S/c27-7(28,11(35,36)15(43,44)19(51,52)23(59,60)61)9(31,32)13(39,40)17(47,48)21(55,56)25(65,66)72-5(70)3-4(74-2-1-69)6(71)73-26(67,68)22(57,58)18(49,50)14(41,42)10(33,34)8(29,30)12(37,38)16(45,46)20(53,54)24(62,63)64/h4,69H,1-3H2. The molecule has 442 valence electrons. The number of hydrogen-bond acceptors (Lipinski definition) is 6. The highest BCUT2D eigenvalue weighted by molar-refractivity contribution is 8.00. The van der Waals surface area contributed by atoms with Crippen molar-refractivity contribution < 1.29 is 209 Å². The smallest absolute Gasteiger partial charge is 0.396 e. The van der Waals surface area contributed by atoms with E-state index in [1.165, 1.54) is 0 Å². The van der Waals surface area contributed by atoms with Crippen LogP contribution in [-0.4, -0.2) is 154 Å². The van der Waals surface area contributed by atoms with Gasteiger partial charge in [0, 0.05) is 5.75 Å². The monoisotopic (exact) mass is 1230 g/mol. The van der Waals surface area contributed by atoms with Gasteiger partial charge in [-0.25, -0.2) is 0 Å². The topological polar surface area (TPSA) is 72.8 Å². The summed E-state index contributed by atoms with van der Waals surface area (Å²) >= 11 is -1.30. The molecule has 0 aliphatic heterocycles. The molecule has 1 unspecified atom stereocenters. The Bertz CT molecular complexity index is 2010. The van der Waals surface area contributed by atoms with Gasteiger partial charge >= 0.3 is 131 Å². The quantitative estimate of drug-likeness (QED) is 0.0767. The predicted octanol–water partition coefficient (Wildman–Crippen LogP) is 13.0. The van der Waals surface area contributed by atoms with Crippen molar-refractivity contribution >= 4 is 23.7 Å². The van der Waals surface area contributed by atoms with Gasteiger partial charge in [-0.15, -0.1) is 11.8 Å². The summed E-state index contributed by atoms with van der Waals surface area (Å²) in [6, 6.07) is 0.